The van der Waals surface area contributed by atoms with Gasteiger partial charge in [-0.05, 0) is 26.2 Å². The summed E-state index contributed by atoms with van der Waals surface area (Å²) >= 11 is 0. The highest BCUT2D eigenvalue weighted by atomic mass is 16.5. The predicted octanol–water partition coefficient (Wildman–Crippen LogP) is 1.42. The normalized spacial score (nSPS) is 34.0. The Kier molecular flexibility index (Phi) is 5.89. The van der Waals surface area contributed by atoms with Crippen LogP contribution >= 0.6 is 0 Å². The van der Waals surface area contributed by atoms with Crippen molar-refractivity contribution >= 4 is 0 Å². The molecule has 3 atom stereocenters. The highest BCUT2D eigenvalue weighted by Crippen LogP contribution is 2.26. The third-order valence-electron chi connectivity index (χ3n) is 4.12. The maximum atomic E-state index is 10.1. The molecule has 1 aliphatic heterocycles. The van der Waals surface area contributed by atoms with Gasteiger partial charge in [0.2, 0.25) is 0 Å². The summed E-state index contributed by atoms with van der Waals surface area (Å²) in [6.07, 6.45) is 5.85. The molecule has 0 aromatic carbocycles. The number of hydrogen-bond donors (Lipinski definition) is 1. The second kappa shape index (κ2) is 7.43. The molecule has 2 aliphatic rings. The average Bonchev–Trinajstić information content (AvgIpc) is 2.84. The highest BCUT2D eigenvalue weighted by molar-refractivity contribution is 4.88. The van der Waals surface area contributed by atoms with E-state index < -0.39 is 0 Å². The predicted molar refractivity (Wildman–Crippen MR) is 70.7 cm³/mol. The summed E-state index contributed by atoms with van der Waals surface area (Å²) in [5.41, 5.74) is 0. The Morgan fingerprint density at radius 3 is 2.78 bits per heavy atom. The molecule has 2 unspecified atom stereocenters. The van der Waals surface area contributed by atoms with Crippen LogP contribution in [0.4, 0.5) is 0 Å². The Labute approximate surface area is 110 Å². The fourth-order valence-corrected chi connectivity index (χ4v) is 3.13. The first-order chi connectivity index (χ1) is 8.81. The summed E-state index contributed by atoms with van der Waals surface area (Å²) in [6.45, 7) is 6.20. The van der Waals surface area contributed by atoms with Crippen LogP contribution in [-0.4, -0.2) is 61.2 Å². The molecular formula is C14H27NO3. The lowest BCUT2D eigenvalue weighted by Crippen LogP contribution is -2.44. The van der Waals surface area contributed by atoms with Gasteiger partial charge in [-0.1, -0.05) is 12.8 Å². The molecular weight excluding hydrogens is 230 g/mol. The van der Waals surface area contributed by atoms with Crippen molar-refractivity contribution in [3.05, 3.63) is 0 Å². The fourth-order valence-electron chi connectivity index (χ4n) is 3.13. The number of aliphatic hydroxyl groups is 1. The van der Waals surface area contributed by atoms with E-state index >= 15 is 0 Å². The van der Waals surface area contributed by atoms with Crippen molar-refractivity contribution in [2.45, 2.75) is 57.3 Å². The molecule has 4 nitrogen and oxygen atoms in total. The zero-order valence-electron chi connectivity index (χ0n) is 11.5. The summed E-state index contributed by atoms with van der Waals surface area (Å²) in [6, 6.07) is 0.374. The second-order valence-electron chi connectivity index (χ2n) is 5.39. The van der Waals surface area contributed by atoms with Crippen LogP contribution in [0.1, 0.15) is 39.0 Å². The van der Waals surface area contributed by atoms with Crippen LogP contribution in [0, 0.1) is 0 Å². The molecule has 0 bridgehead atoms. The summed E-state index contributed by atoms with van der Waals surface area (Å²) in [4.78, 5) is 2.43. The minimum atomic E-state index is -0.124. The summed E-state index contributed by atoms with van der Waals surface area (Å²) < 4.78 is 11.1. The number of ether oxygens (including phenoxy) is 2. The maximum absolute atomic E-state index is 10.1. The van der Waals surface area contributed by atoms with Crippen LogP contribution in [0.25, 0.3) is 0 Å². The van der Waals surface area contributed by atoms with E-state index in [1.54, 1.807) is 0 Å². The van der Waals surface area contributed by atoms with Crippen molar-refractivity contribution < 1.29 is 14.6 Å². The van der Waals surface area contributed by atoms with Crippen molar-refractivity contribution in [3.8, 4) is 0 Å². The van der Waals surface area contributed by atoms with E-state index in [1.165, 1.54) is 12.8 Å². The topological polar surface area (TPSA) is 41.9 Å². The van der Waals surface area contributed by atoms with Crippen molar-refractivity contribution in [2.24, 2.45) is 0 Å². The van der Waals surface area contributed by atoms with Gasteiger partial charge in [0, 0.05) is 25.7 Å². The highest BCUT2D eigenvalue weighted by Gasteiger charge is 2.33. The summed E-state index contributed by atoms with van der Waals surface area (Å²) in [5.74, 6) is 0. The number of hydrogen-bond acceptors (Lipinski definition) is 4. The van der Waals surface area contributed by atoms with Gasteiger partial charge >= 0.3 is 0 Å². The van der Waals surface area contributed by atoms with E-state index in [9.17, 15) is 5.11 Å². The molecule has 0 amide bonds. The van der Waals surface area contributed by atoms with Crippen LogP contribution in [0.2, 0.25) is 0 Å². The third kappa shape index (κ3) is 3.92. The molecule has 0 radical (unpaired) electrons. The lowest BCUT2D eigenvalue weighted by Gasteiger charge is -2.35. The van der Waals surface area contributed by atoms with Gasteiger partial charge in [0.25, 0.3) is 0 Å². The molecule has 106 valence electrons. The first-order valence-corrected chi connectivity index (χ1v) is 7.42. The Morgan fingerprint density at radius 1 is 1.17 bits per heavy atom. The van der Waals surface area contributed by atoms with Crippen LogP contribution in [-0.2, 0) is 9.47 Å². The van der Waals surface area contributed by atoms with Gasteiger partial charge in [0.1, 0.15) is 0 Å². The van der Waals surface area contributed by atoms with Crippen LogP contribution in [0.15, 0.2) is 0 Å². The SMILES string of the molecule is CCOCCO[C@H]1CCN(C2CCCCC2O)C1. The molecule has 0 spiro atoms. The molecule has 0 aromatic heterocycles. The van der Waals surface area contributed by atoms with Crippen molar-refractivity contribution in [1.29, 1.82) is 0 Å². The number of aliphatic hydroxyl groups excluding tert-OH is 1. The Hall–Kier alpha value is -0.160. The van der Waals surface area contributed by atoms with Gasteiger partial charge in [-0.15, -0.1) is 0 Å². The van der Waals surface area contributed by atoms with Crippen LogP contribution in [0.5, 0.6) is 0 Å². The summed E-state index contributed by atoms with van der Waals surface area (Å²) in [5, 5.41) is 10.1. The minimum absolute atomic E-state index is 0.124. The fraction of sp³-hybridized carbons (Fsp3) is 1.00. The largest absolute Gasteiger partial charge is 0.391 e. The molecule has 1 saturated carbocycles. The van der Waals surface area contributed by atoms with E-state index in [4.69, 9.17) is 9.47 Å². The molecule has 1 aliphatic carbocycles. The molecule has 1 saturated heterocycles. The Bertz CT molecular complexity index is 237. The maximum Gasteiger partial charge on any atom is 0.0715 e. The summed E-state index contributed by atoms with van der Waals surface area (Å²) in [7, 11) is 0. The monoisotopic (exact) mass is 257 g/mol. The second-order valence-corrected chi connectivity index (χ2v) is 5.39. The third-order valence-corrected chi connectivity index (χ3v) is 4.12. The number of rotatable bonds is 6. The van der Waals surface area contributed by atoms with Gasteiger partial charge in [-0.2, -0.15) is 0 Å². The zero-order valence-corrected chi connectivity index (χ0v) is 11.5. The van der Waals surface area contributed by atoms with Gasteiger partial charge in [0.15, 0.2) is 0 Å². The van der Waals surface area contributed by atoms with Gasteiger partial charge in [-0.3, -0.25) is 4.90 Å². The van der Waals surface area contributed by atoms with Gasteiger partial charge in [0.05, 0.1) is 25.4 Å². The molecule has 1 heterocycles. The van der Waals surface area contributed by atoms with E-state index in [-0.39, 0.29) is 6.10 Å². The Balaban J connectivity index is 1.67. The van der Waals surface area contributed by atoms with Crippen LogP contribution < -0.4 is 0 Å². The molecule has 18 heavy (non-hydrogen) atoms. The van der Waals surface area contributed by atoms with Crippen molar-refractivity contribution in [3.63, 3.8) is 0 Å². The quantitative estimate of drug-likeness (QED) is 0.731. The van der Waals surface area contributed by atoms with Gasteiger partial charge < -0.3 is 14.6 Å². The number of likely N-dealkylation sites (tertiary alicyclic amines) is 1. The van der Waals surface area contributed by atoms with E-state index in [0.29, 0.717) is 25.4 Å². The standard InChI is InChI=1S/C14H27NO3/c1-2-17-9-10-18-12-7-8-15(11-12)13-5-3-4-6-14(13)16/h12-14,16H,2-11H2,1H3/t12-,13?,14?/m0/s1. The zero-order chi connectivity index (χ0) is 12.8. The van der Waals surface area contributed by atoms with Crippen molar-refractivity contribution in [2.75, 3.05) is 32.9 Å². The molecule has 2 fully saturated rings. The molecule has 2 rings (SSSR count). The van der Waals surface area contributed by atoms with E-state index in [0.717, 1.165) is 39.0 Å². The smallest absolute Gasteiger partial charge is 0.0715 e. The first-order valence-electron chi connectivity index (χ1n) is 7.42. The van der Waals surface area contributed by atoms with Crippen LogP contribution in [0.3, 0.4) is 0 Å². The molecule has 0 aromatic rings. The molecule has 1 N–H and O–H groups in total. The lowest BCUT2D eigenvalue weighted by atomic mass is 9.91. The number of nitrogens with zero attached hydrogens (tertiary/aromatic N) is 1. The van der Waals surface area contributed by atoms with E-state index in [1.807, 2.05) is 6.92 Å². The van der Waals surface area contributed by atoms with Gasteiger partial charge in [-0.25, -0.2) is 0 Å². The lowest BCUT2D eigenvalue weighted by molar-refractivity contribution is -0.00341. The average molecular weight is 257 g/mol. The van der Waals surface area contributed by atoms with Crippen molar-refractivity contribution in [1.82, 2.24) is 4.90 Å². The molecule has 4 heteroatoms. The Morgan fingerprint density at radius 2 is 2.00 bits per heavy atom. The minimum Gasteiger partial charge on any atom is -0.391 e. The van der Waals surface area contributed by atoms with E-state index in [2.05, 4.69) is 4.90 Å². The first kappa shape index (κ1) is 14.3.